The van der Waals surface area contributed by atoms with Crippen molar-refractivity contribution in [1.29, 1.82) is 0 Å². The van der Waals surface area contributed by atoms with Crippen LogP contribution in [0.3, 0.4) is 0 Å². The van der Waals surface area contributed by atoms with Gasteiger partial charge in [-0.3, -0.25) is 9.59 Å². The van der Waals surface area contributed by atoms with Gasteiger partial charge in [0.2, 0.25) is 0 Å². The van der Waals surface area contributed by atoms with Crippen molar-refractivity contribution in [2.75, 3.05) is 0 Å². The van der Waals surface area contributed by atoms with E-state index in [2.05, 4.69) is 21.7 Å². The SMILES string of the molecule is O=Cc1c(Cl)[nH]c2ccccc12.O=Cc1c(Cl)n(C2C=CCCC2)c2ccccc12. The highest BCUT2D eigenvalue weighted by Crippen LogP contribution is 2.35. The van der Waals surface area contributed by atoms with Crippen LogP contribution in [-0.4, -0.2) is 22.1 Å². The molecule has 0 aliphatic heterocycles. The Hall–Kier alpha value is -2.82. The molecular formula is C24H20Cl2N2O2. The van der Waals surface area contributed by atoms with Gasteiger partial charge in [0.15, 0.2) is 12.6 Å². The minimum Gasteiger partial charge on any atom is -0.345 e. The lowest BCUT2D eigenvalue weighted by molar-refractivity contribution is 0.111. The average Bonchev–Trinajstić information content (AvgIpc) is 3.26. The summed E-state index contributed by atoms with van der Waals surface area (Å²) in [7, 11) is 0. The van der Waals surface area contributed by atoms with Crippen LogP contribution in [0, 0.1) is 0 Å². The molecule has 5 rings (SSSR count). The number of aromatic nitrogens is 2. The van der Waals surface area contributed by atoms with Crippen LogP contribution in [0.5, 0.6) is 0 Å². The first kappa shape index (κ1) is 20.5. The van der Waals surface area contributed by atoms with Crippen LogP contribution >= 0.6 is 23.2 Å². The Kier molecular flexibility index (Phi) is 6.07. The smallest absolute Gasteiger partial charge is 0.153 e. The van der Waals surface area contributed by atoms with Crippen molar-refractivity contribution in [3.63, 3.8) is 0 Å². The first-order chi connectivity index (χ1) is 14.7. The van der Waals surface area contributed by atoms with Gasteiger partial charge in [-0.2, -0.15) is 0 Å². The Bertz CT molecular complexity index is 1250. The summed E-state index contributed by atoms with van der Waals surface area (Å²) in [4.78, 5) is 24.7. The molecule has 1 aliphatic rings. The molecule has 0 spiro atoms. The lowest BCUT2D eigenvalue weighted by Crippen LogP contribution is -2.09. The predicted molar refractivity (Wildman–Crippen MR) is 123 cm³/mol. The molecule has 1 aliphatic carbocycles. The van der Waals surface area contributed by atoms with Crippen LogP contribution in [0.25, 0.3) is 21.8 Å². The second-order valence-electron chi connectivity index (χ2n) is 7.15. The van der Waals surface area contributed by atoms with Crippen molar-refractivity contribution < 1.29 is 9.59 Å². The fourth-order valence-electron chi connectivity index (χ4n) is 3.95. The van der Waals surface area contributed by atoms with Gasteiger partial charge in [0, 0.05) is 16.3 Å². The molecule has 0 amide bonds. The summed E-state index contributed by atoms with van der Waals surface area (Å²) >= 11 is 12.2. The van der Waals surface area contributed by atoms with E-state index in [0.717, 1.165) is 47.2 Å². The summed E-state index contributed by atoms with van der Waals surface area (Å²) in [5, 5.41) is 2.78. The summed E-state index contributed by atoms with van der Waals surface area (Å²) in [5.41, 5.74) is 3.07. The van der Waals surface area contributed by atoms with Crippen molar-refractivity contribution in [3.8, 4) is 0 Å². The second kappa shape index (κ2) is 8.90. The lowest BCUT2D eigenvalue weighted by atomic mass is 10.0. The fraction of sp³-hybridized carbons (Fsp3) is 0.167. The molecule has 6 heteroatoms. The number of carbonyl (C=O) groups excluding carboxylic acids is 2. The van der Waals surface area contributed by atoms with Gasteiger partial charge in [-0.1, -0.05) is 71.8 Å². The minimum absolute atomic E-state index is 0.268. The van der Waals surface area contributed by atoms with Crippen LogP contribution in [0.15, 0.2) is 60.7 Å². The fourth-order valence-corrected chi connectivity index (χ4v) is 4.56. The van der Waals surface area contributed by atoms with Gasteiger partial charge in [0.1, 0.15) is 10.3 Å². The van der Waals surface area contributed by atoms with E-state index in [1.807, 2.05) is 48.5 Å². The van der Waals surface area contributed by atoms with E-state index in [-0.39, 0.29) is 6.04 Å². The Morgan fingerprint density at radius 3 is 2.33 bits per heavy atom. The first-order valence-electron chi connectivity index (χ1n) is 9.77. The molecule has 30 heavy (non-hydrogen) atoms. The number of halogens is 2. The zero-order chi connectivity index (χ0) is 21.1. The number of nitrogens with zero attached hydrogens (tertiary/aromatic N) is 1. The second-order valence-corrected chi connectivity index (χ2v) is 7.89. The molecule has 0 saturated carbocycles. The van der Waals surface area contributed by atoms with Crippen molar-refractivity contribution in [3.05, 3.63) is 82.1 Å². The monoisotopic (exact) mass is 438 g/mol. The predicted octanol–water partition coefficient (Wildman–Crippen LogP) is 7.02. The Labute approximate surface area is 184 Å². The number of aldehydes is 2. The Balaban J connectivity index is 0.000000158. The average molecular weight is 439 g/mol. The number of para-hydroxylation sites is 2. The number of hydrogen-bond acceptors (Lipinski definition) is 2. The van der Waals surface area contributed by atoms with Gasteiger partial charge < -0.3 is 9.55 Å². The summed E-state index contributed by atoms with van der Waals surface area (Å²) in [6, 6.07) is 15.7. The van der Waals surface area contributed by atoms with Gasteiger partial charge in [-0.15, -0.1) is 0 Å². The van der Waals surface area contributed by atoms with Crippen LogP contribution in [0.2, 0.25) is 10.3 Å². The van der Waals surface area contributed by atoms with Gasteiger partial charge in [0.25, 0.3) is 0 Å². The molecule has 1 N–H and O–H groups in total. The molecule has 0 saturated heterocycles. The van der Waals surface area contributed by atoms with E-state index in [4.69, 9.17) is 23.2 Å². The highest BCUT2D eigenvalue weighted by molar-refractivity contribution is 6.34. The van der Waals surface area contributed by atoms with Crippen molar-refractivity contribution >= 4 is 57.6 Å². The number of fused-ring (bicyclic) bond motifs is 2. The van der Waals surface area contributed by atoms with Crippen molar-refractivity contribution in [2.45, 2.75) is 25.3 Å². The maximum Gasteiger partial charge on any atom is 0.153 e. The van der Waals surface area contributed by atoms with Crippen molar-refractivity contribution in [2.24, 2.45) is 0 Å². The van der Waals surface area contributed by atoms with Gasteiger partial charge in [0.05, 0.1) is 22.7 Å². The summed E-state index contributed by atoms with van der Waals surface area (Å²) in [5.74, 6) is 0. The van der Waals surface area contributed by atoms with Crippen LogP contribution < -0.4 is 0 Å². The van der Waals surface area contributed by atoms with E-state index in [1.165, 1.54) is 6.42 Å². The quantitative estimate of drug-likeness (QED) is 0.275. The van der Waals surface area contributed by atoms with Gasteiger partial charge in [-0.05, 0) is 31.4 Å². The molecular weight excluding hydrogens is 419 g/mol. The zero-order valence-corrected chi connectivity index (χ0v) is 17.7. The molecule has 152 valence electrons. The molecule has 0 radical (unpaired) electrons. The molecule has 0 bridgehead atoms. The zero-order valence-electron chi connectivity index (χ0n) is 16.1. The van der Waals surface area contributed by atoms with E-state index >= 15 is 0 Å². The van der Waals surface area contributed by atoms with Gasteiger partial charge >= 0.3 is 0 Å². The van der Waals surface area contributed by atoms with Crippen LogP contribution in [0.4, 0.5) is 0 Å². The molecule has 4 aromatic rings. The lowest BCUT2D eigenvalue weighted by Gasteiger charge is -2.20. The number of carbonyl (C=O) groups is 2. The molecule has 0 fully saturated rings. The number of hydrogen-bond donors (Lipinski definition) is 1. The molecule has 4 nitrogen and oxygen atoms in total. The number of rotatable bonds is 3. The topological polar surface area (TPSA) is 54.9 Å². The largest absolute Gasteiger partial charge is 0.345 e. The normalized spacial score (nSPS) is 15.7. The van der Waals surface area contributed by atoms with Crippen molar-refractivity contribution in [1.82, 2.24) is 9.55 Å². The number of aromatic amines is 1. The Morgan fingerprint density at radius 1 is 0.933 bits per heavy atom. The van der Waals surface area contributed by atoms with E-state index in [0.29, 0.717) is 21.4 Å². The maximum atomic E-state index is 11.2. The number of nitrogens with one attached hydrogen (secondary N) is 1. The summed E-state index contributed by atoms with van der Waals surface area (Å²) in [6.07, 6.45) is 9.38. The third-order valence-electron chi connectivity index (χ3n) is 5.38. The third kappa shape index (κ3) is 3.69. The highest BCUT2D eigenvalue weighted by atomic mass is 35.5. The molecule has 2 aromatic carbocycles. The maximum absolute atomic E-state index is 11.2. The highest BCUT2D eigenvalue weighted by Gasteiger charge is 2.20. The molecule has 2 heterocycles. The molecule has 1 unspecified atom stereocenters. The van der Waals surface area contributed by atoms with E-state index in [9.17, 15) is 9.59 Å². The number of H-pyrrole nitrogens is 1. The number of benzene rings is 2. The minimum atomic E-state index is 0.268. The van der Waals surface area contributed by atoms with E-state index < -0.39 is 0 Å². The van der Waals surface area contributed by atoms with Crippen LogP contribution in [0.1, 0.15) is 46.0 Å². The molecule has 2 aromatic heterocycles. The summed E-state index contributed by atoms with van der Waals surface area (Å²) < 4.78 is 2.08. The Morgan fingerprint density at radius 2 is 1.63 bits per heavy atom. The van der Waals surface area contributed by atoms with E-state index in [1.54, 1.807) is 0 Å². The van der Waals surface area contributed by atoms with Gasteiger partial charge in [-0.25, -0.2) is 0 Å². The number of allylic oxidation sites excluding steroid dienone is 2. The third-order valence-corrected chi connectivity index (χ3v) is 6.07. The molecule has 1 atom stereocenters. The standard InChI is InChI=1S/C15H14ClNO.C9H6ClNO/c16-15-13(10-18)12-8-4-5-9-14(12)17(15)11-6-2-1-3-7-11;10-9-7(5-12)6-3-1-2-4-8(6)11-9/h2,4-6,8-11H,1,3,7H2;1-5,11H. The first-order valence-corrected chi connectivity index (χ1v) is 10.5. The summed E-state index contributed by atoms with van der Waals surface area (Å²) in [6.45, 7) is 0. The van der Waals surface area contributed by atoms with Crippen LogP contribution in [-0.2, 0) is 0 Å².